The summed E-state index contributed by atoms with van der Waals surface area (Å²) in [6.45, 7) is 5.23. The lowest BCUT2D eigenvalue weighted by atomic mass is 10.1. The molecule has 2 N–H and O–H groups in total. The maximum absolute atomic E-state index is 13.8. The van der Waals surface area contributed by atoms with E-state index >= 15 is 0 Å². The van der Waals surface area contributed by atoms with Crippen LogP contribution in [0, 0.1) is 16.6 Å². The van der Waals surface area contributed by atoms with E-state index in [0.29, 0.717) is 24.6 Å². The molecule has 2 aromatic carbocycles. The summed E-state index contributed by atoms with van der Waals surface area (Å²) < 4.78 is 59.4. The van der Waals surface area contributed by atoms with Gasteiger partial charge in [0.25, 0.3) is 5.91 Å². The van der Waals surface area contributed by atoms with E-state index in [0.717, 1.165) is 23.1 Å². The van der Waals surface area contributed by atoms with Gasteiger partial charge in [-0.3, -0.25) is 20.5 Å². The molecule has 0 heterocycles. The van der Waals surface area contributed by atoms with E-state index in [1.54, 1.807) is 0 Å². The Morgan fingerprint density at radius 2 is 1.97 bits per heavy atom. The topological polar surface area (TPSA) is 77.2 Å². The molecule has 182 valence electrons. The Morgan fingerprint density at radius 3 is 2.59 bits per heavy atom. The second kappa shape index (κ2) is 12.0. The van der Waals surface area contributed by atoms with E-state index in [2.05, 4.69) is 6.58 Å². The van der Waals surface area contributed by atoms with Crippen LogP contribution in [0.25, 0.3) is 0 Å². The maximum atomic E-state index is 13.8. The van der Waals surface area contributed by atoms with Gasteiger partial charge in [0.2, 0.25) is 0 Å². The van der Waals surface area contributed by atoms with Crippen molar-refractivity contribution in [2.75, 3.05) is 13.2 Å². The van der Waals surface area contributed by atoms with Crippen LogP contribution in [0.1, 0.15) is 41.3 Å². The molecule has 2 rings (SSSR count). The quantitative estimate of drug-likeness (QED) is 0.172. The lowest BCUT2D eigenvalue weighted by Crippen LogP contribution is -2.36. The van der Waals surface area contributed by atoms with Crippen molar-refractivity contribution in [1.29, 1.82) is 10.8 Å². The third-order valence-corrected chi connectivity index (χ3v) is 5.75. The minimum Gasteiger partial charge on any atom is -0.489 e. The predicted molar refractivity (Wildman–Crippen MR) is 127 cm³/mol. The Hall–Kier alpha value is -2.85. The highest BCUT2D eigenvalue weighted by Crippen LogP contribution is 2.37. The normalized spacial score (nSPS) is 11.1. The van der Waals surface area contributed by atoms with Crippen LogP contribution in [-0.4, -0.2) is 34.2 Å². The zero-order valence-electron chi connectivity index (χ0n) is 18.1. The fourth-order valence-corrected chi connectivity index (χ4v) is 3.73. The second-order valence-electron chi connectivity index (χ2n) is 6.96. The van der Waals surface area contributed by atoms with Crippen molar-refractivity contribution in [1.82, 2.24) is 4.90 Å². The number of halogens is 5. The summed E-state index contributed by atoms with van der Waals surface area (Å²) in [5.74, 6) is -1.95. The highest BCUT2D eigenvalue weighted by Gasteiger charge is 2.35. The molecular weight excluding hydrogens is 494 g/mol. The number of unbranched alkanes of at least 4 members (excludes halogenated alkanes) is 1. The summed E-state index contributed by atoms with van der Waals surface area (Å²) in [6, 6.07) is 6.81. The Bertz CT molecular complexity index is 1090. The molecule has 34 heavy (non-hydrogen) atoms. The molecule has 0 unspecified atom stereocenters. The summed E-state index contributed by atoms with van der Waals surface area (Å²) in [7, 11) is 0. The fraction of sp³-hybridized carbons (Fsp3) is 0.261. The van der Waals surface area contributed by atoms with Crippen LogP contribution in [0.3, 0.4) is 0 Å². The molecule has 2 aromatic rings. The van der Waals surface area contributed by atoms with Crippen LogP contribution >= 0.6 is 23.4 Å². The SMILES string of the molecule is C=CCOc1ccc(C(=N)SC(=N)N(CCCC)C(=O)c2cccc(F)c2Cl)cc1C(F)(F)F. The van der Waals surface area contributed by atoms with Crippen molar-refractivity contribution in [3.8, 4) is 5.75 Å². The first-order valence-corrected chi connectivity index (χ1v) is 11.3. The average molecular weight is 516 g/mol. The minimum absolute atomic E-state index is 0.0867. The van der Waals surface area contributed by atoms with E-state index in [1.807, 2.05) is 6.92 Å². The van der Waals surface area contributed by atoms with Crippen LogP contribution < -0.4 is 4.74 Å². The fourth-order valence-electron chi connectivity index (χ4n) is 2.80. The van der Waals surface area contributed by atoms with Crippen molar-refractivity contribution in [2.24, 2.45) is 0 Å². The van der Waals surface area contributed by atoms with Crippen molar-refractivity contribution in [2.45, 2.75) is 25.9 Å². The van der Waals surface area contributed by atoms with Crippen LogP contribution in [0.15, 0.2) is 49.1 Å². The predicted octanol–water partition coefficient (Wildman–Crippen LogP) is 7.00. The number of hydrogen-bond acceptors (Lipinski definition) is 5. The van der Waals surface area contributed by atoms with Gasteiger partial charge in [0, 0.05) is 12.1 Å². The third kappa shape index (κ3) is 6.83. The number of benzene rings is 2. The molecule has 0 aliphatic heterocycles. The van der Waals surface area contributed by atoms with Gasteiger partial charge in [0.1, 0.15) is 23.2 Å². The van der Waals surface area contributed by atoms with Gasteiger partial charge in [-0.1, -0.05) is 43.7 Å². The highest BCUT2D eigenvalue weighted by molar-refractivity contribution is 8.26. The molecule has 0 bridgehead atoms. The minimum atomic E-state index is -4.73. The number of carbonyl (C=O) groups is 1. The van der Waals surface area contributed by atoms with Crippen LogP contribution in [0.5, 0.6) is 5.75 Å². The lowest BCUT2D eigenvalue weighted by Gasteiger charge is -2.23. The molecule has 0 saturated carbocycles. The Morgan fingerprint density at radius 1 is 1.26 bits per heavy atom. The number of thioether (sulfide) groups is 1. The van der Waals surface area contributed by atoms with E-state index in [1.165, 1.54) is 24.3 Å². The third-order valence-electron chi connectivity index (χ3n) is 4.51. The average Bonchev–Trinajstić information content (AvgIpc) is 2.78. The Labute approximate surface area is 203 Å². The maximum Gasteiger partial charge on any atom is 0.419 e. The first-order valence-electron chi connectivity index (χ1n) is 10.1. The molecule has 0 radical (unpaired) electrons. The number of rotatable bonds is 8. The molecule has 0 fully saturated rings. The van der Waals surface area contributed by atoms with E-state index in [9.17, 15) is 22.4 Å². The molecule has 0 aliphatic carbocycles. The number of ether oxygens (including phenoxy) is 1. The van der Waals surface area contributed by atoms with Crippen molar-refractivity contribution in [3.05, 3.63) is 76.6 Å². The Balaban J connectivity index is 2.31. The van der Waals surface area contributed by atoms with Gasteiger partial charge in [0.05, 0.1) is 16.1 Å². The van der Waals surface area contributed by atoms with E-state index < -0.39 is 39.4 Å². The molecule has 0 aliphatic rings. The number of hydrogen-bond donors (Lipinski definition) is 2. The number of alkyl halides is 3. The molecule has 0 spiro atoms. The molecule has 0 atom stereocenters. The smallest absolute Gasteiger partial charge is 0.419 e. The van der Waals surface area contributed by atoms with E-state index in [-0.39, 0.29) is 29.3 Å². The molecule has 5 nitrogen and oxygen atoms in total. The van der Waals surface area contributed by atoms with Gasteiger partial charge in [-0.2, -0.15) is 13.2 Å². The zero-order valence-corrected chi connectivity index (χ0v) is 19.7. The molecule has 1 amide bonds. The molecule has 11 heteroatoms. The van der Waals surface area contributed by atoms with Crippen molar-refractivity contribution < 1.29 is 27.1 Å². The zero-order chi connectivity index (χ0) is 25.5. The number of carbonyl (C=O) groups excluding carboxylic acids is 1. The molecule has 0 saturated heterocycles. The highest BCUT2D eigenvalue weighted by atomic mass is 35.5. The van der Waals surface area contributed by atoms with Crippen LogP contribution in [0.4, 0.5) is 17.6 Å². The molecule has 0 aromatic heterocycles. The van der Waals surface area contributed by atoms with Gasteiger partial charge in [-0.15, -0.1) is 0 Å². The number of amides is 1. The Kier molecular flexibility index (Phi) is 9.69. The number of amidine groups is 1. The first-order chi connectivity index (χ1) is 16.0. The largest absolute Gasteiger partial charge is 0.489 e. The standard InChI is InChI=1S/C23H22ClF4N3O2S/c1-3-5-11-31(21(32)15-7-6-8-17(25)19(15)24)22(30)34-20(29)14-9-10-18(33-12-4-2)16(13-14)23(26,27)28/h4,6-10,13,29-30H,2-3,5,11-12H2,1H3. The molecular formula is C23H22ClF4N3O2S. The van der Waals surface area contributed by atoms with E-state index in [4.69, 9.17) is 27.2 Å². The monoisotopic (exact) mass is 515 g/mol. The number of nitrogens with one attached hydrogen (secondary N) is 2. The van der Waals surface area contributed by atoms with Crippen molar-refractivity contribution in [3.63, 3.8) is 0 Å². The summed E-state index contributed by atoms with van der Waals surface area (Å²) in [5.41, 5.74) is -1.34. The van der Waals surface area contributed by atoms with Gasteiger partial charge < -0.3 is 4.74 Å². The first kappa shape index (κ1) is 27.4. The lowest BCUT2D eigenvalue weighted by molar-refractivity contribution is -0.138. The van der Waals surface area contributed by atoms with Gasteiger partial charge in [0.15, 0.2) is 5.17 Å². The van der Waals surface area contributed by atoms with Crippen LogP contribution in [0.2, 0.25) is 5.02 Å². The van der Waals surface area contributed by atoms with Crippen molar-refractivity contribution >= 4 is 39.5 Å². The van der Waals surface area contributed by atoms with Gasteiger partial charge in [-0.05, 0) is 48.5 Å². The summed E-state index contributed by atoms with van der Waals surface area (Å²) >= 11 is 6.41. The number of nitrogens with zero attached hydrogens (tertiary/aromatic N) is 1. The summed E-state index contributed by atoms with van der Waals surface area (Å²) in [5, 5.41) is 15.4. The summed E-state index contributed by atoms with van der Waals surface area (Å²) in [4.78, 5) is 14.0. The second-order valence-corrected chi connectivity index (χ2v) is 8.33. The van der Waals surface area contributed by atoms with Crippen LogP contribution in [-0.2, 0) is 6.18 Å². The van der Waals surface area contributed by atoms with Gasteiger partial charge >= 0.3 is 6.18 Å². The van der Waals surface area contributed by atoms with Gasteiger partial charge in [-0.25, -0.2) is 4.39 Å². The summed E-state index contributed by atoms with van der Waals surface area (Å²) in [6.07, 6.45) is -2.25.